The van der Waals surface area contributed by atoms with E-state index in [-0.39, 0.29) is 12.0 Å². The van der Waals surface area contributed by atoms with Crippen LogP contribution in [0.4, 0.5) is 0 Å². The predicted octanol–water partition coefficient (Wildman–Crippen LogP) is 2.16. The van der Waals surface area contributed by atoms with Crippen molar-refractivity contribution < 1.29 is 20.1 Å². The van der Waals surface area contributed by atoms with Crippen LogP contribution in [0, 0.1) is 29.6 Å². The van der Waals surface area contributed by atoms with E-state index in [1.165, 1.54) is 12.8 Å². The lowest BCUT2D eigenvalue weighted by molar-refractivity contribution is -0.252. The van der Waals surface area contributed by atoms with Gasteiger partial charge in [-0.05, 0) is 49.9 Å². The second kappa shape index (κ2) is 6.53. The van der Waals surface area contributed by atoms with Gasteiger partial charge in [0.25, 0.3) is 0 Å². The Balaban J connectivity index is 0.000000774. The maximum absolute atomic E-state index is 10.5. The first-order valence-electron chi connectivity index (χ1n) is 8.40. The normalized spacial score (nSPS) is 53.0. The van der Waals surface area contributed by atoms with Crippen LogP contribution < -0.4 is 0 Å². The standard InChI is InChI=1S/C16H28O3.CH4O/c1-9-4-5-12-10(2)15(17)19-13-8-16(3,18)7-6-11(9)14(12)13;1-2/h9-15,17-18H,4-8H2,1-3H3;2H,1H3/t9-,10?,11+,12+,13-,14?,15?,16-;/m1./s1. The highest BCUT2D eigenvalue weighted by Crippen LogP contribution is 2.53. The molecule has 3 N–H and O–H groups in total. The van der Waals surface area contributed by atoms with Gasteiger partial charge in [0.15, 0.2) is 6.29 Å². The zero-order chi connectivity index (χ0) is 15.8. The molecule has 1 heterocycles. The van der Waals surface area contributed by atoms with Gasteiger partial charge in [-0.15, -0.1) is 0 Å². The summed E-state index contributed by atoms with van der Waals surface area (Å²) in [5.74, 6) is 2.73. The maximum Gasteiger partial charge on any atom is 0.157 e. The Morgan fingerprint density at radius 2 is 1.71 bits per heavy atom. The van der Waals surface area contributed by atoms with Gasteiger partial charge in [0.2, 0.25) is 0 Å². The van der Waals surface area contributed by atoms with Crippen molar-refractivity contribution in [2.45, 2.75) is 70.9 Å². The lowest BCUT2D eigenvalue weighted by atomic mass is 9.60. The average molecular weight is 300 g/mol. The van der Waals surface area contributed by atoms with Crippen LogP contribution in [0.2, 0.25) is 0 Å². The molecule has 4 nitrogen and oxygen atoms in total. The van der Waals surface area contributed by atoms with Gasteiger partial charge < -0.3 is 20.1 Å². The van der Waals surface area contributed by atoms with Gasteiger partial charge in [-0.25, -0.2) is 0 Å². The van der Waals surface area contributed by atoms with E-state index < -0.39 is 11.9 Å². The monoisotopic (exact) mass is 300 g/mol. The van der Waals surface area contributed by atoms with Gasteiger partial charge in [0.05, 0.1) is 11.7 Å². The fraction of sp³-hybridized carbons (Fsp3) is 1.00. The van der Waals surface area contributed by atoms with Gasteiger partial charge in [0, 0.05) is 19.4 Å². The molecule has 3 unspecified atom stereocenters. The third-order valence-electron chi connectivity index (χ3n) is 6.20. The highest BCUT2D eigenvalue weighted by atomic mass is 16.6. The molecule has 3 rings (SSSR count). The van der Waals surface area contributed by atoms with Gasteiger partial charge in [0.1, 0.15) is 0 Å². The van der Waals surface area contributed by atoms with Crippen LogP contribution in [-0.2, 0) is 4.74 Å². The molecule has 2 saturated carbocycles. The first-order chi connectivity index (χ1) is 9.89. The first kappa shape index (κ1) is 17.2. The highest BCUT2D eigenvalue weighted by Gasteiger charge is 2.52. The zero-order valence-electron chi connectivity index (χ0n) is 13.8. The molecule has 1 aliphatic heterocycles. The SMILES string of the molecule is CC1C(O)O[C@@H]2C[C@](C)(O)CC[C@@H]3C2[C@H]1CC[C@H]3C.CO. The quantitative estimate of drug-likeness (QED) is 0.641. The minimum Gasteiger partial charge on any atom is -0.400 e. The molecular formula is C17H32O4. The van der Waals surface area contributed by atoms with E-state index in [0.29, 0.717) is 24.2 Å². The zero-order valence-corrected chi connectivity index (χ0v) is 13.8. The Labute approximate surface area is 128 Å². The minimum absolute atomic E-state index is 0.0430. The first-order valence-corrected chi connectivity index (χ1v) is 8.40. The van der Waals surface area contributed by atoms with Crippen molar-refractivity contribution in [1.82, 2.24) is 0 Å². The fourth-order valence-electron chi connectivity index (χ4n) is 5.00. The molecule has 21 heavy (non-hydrogen) atoms. The molecule has 0 bridgehead atoms. The topological polar surface area (TPSA) is 69.9 Å². The van der Waals surface area contributed by atoms with E-state index in [1.54, 1.807) is 0 Å². The summed E-state index contributed by atoms with van der Waals surface area (Å²) >= 11 is 0. The van der Waals surface area contributed by atoms with Gasteiger partial charge in [-0.1, -0.05) is 20.3 Å². The van der Waals surface area contributed by atoms with Crippen molar-refractivity contribution in [1.29, 1.82) is 0 Å². The number of aliphatic hydroxyl groups excluding tert-OH is 2. The predicted molar refractivity (Wildman–Crippen MR) is 81.5 cm³/mol. The average Bonchev–Trinajstić information content (AvgIpc) is 2.57. The molecule has 1 saturated heterocycles. The van der Waals surface area contributed by atoms with Crippen molar-refractivity contribution in [2.24, 2.45) is 29.6 Å². The molecule has 0 aromatic rings. The van der Waals surface area contributed by atoms with Crippen molar-refractivity contribution in [2.75, 3.05) is 7.11 Å². The second-order valence-corrected chi connectivity index (χ2v) is 7.62. The fourth-order valence-corrected chi connectivity index (χ4v) is 5.00. The third-order valence-corrected chi connectivity index (χ3v) is 6.20. The van der Waals surface area contributed by atoms with Crippen LogP contribution >= 0.6 is 0 Å². The number of aliphatic hydroxyl groups is 3. The molecule has 8 atom stereocenters. The van der Waals surface area contributed by atoms with Gasteiger partial charge in [-0.3, -0.25) is 0 Å². The second-order valence-electron chi connectivity index (χ2n) is 7.62. The molecule has 0 aromatic carbocycles. The highest BCUT2D eigenvalue weighted by molar-refractivity contribution is 5.00. The van der Waals surface area contributed by atoms with Crippen molar-refractivity contribution in [3.8, 4) is 0 Å². The Kier molecular flexibility index (Phi) is 5.35. The summed E-state index contributed by atoms with van der Waals surface area (Å²) < 4.78 is 5.90. The molecule has 2 aliphatic carbocycles. The van der Waals surface area contributed by atoms with E-state index in [0.717, 1.165) is 25.9 Å². The summed E-state index contributed by atoms with van der Waals surface area (Å²) in [6.07, 6.45) is 4.53. The third kappa shape index (κ3) is 3.29. The Morgan fingerprint density at radius 3 is 2.38 bits per heavy atom. The summed E-state index contributed by atoms with van der Waals surface area (Å²) in [5, 5.41) is 27.6. The van der Waals surface area contributed by atoms with E-state index in [4.69, 9.17) is 9.84 Å². The lowest BCUT2D eigenvalue weighted by Crippen LogP contribution is -2.52. The summed E-state index contributed by atoms with van der Waals surface area (Å²) in [6.45, 7) is 6.41. The molecule has 0 spiro atoms. The van der Waals surface area contributed by atoms with E-state index in [1.807, 2.05) is 6.92 Å². The lowest BCUT2D eigenvalue weighted by Gasteiger charge is -2.51. The van der Waals surface area contributed by atoms with Crippen LogP contribution in [0.15, 0.2) is 0 Å². The number of rotatable bonds is 0. The van der Waals surface area contributed by atoms with E-state index >= 15 is 0 Å². The largest absolute Gasteiger partial charge is 0.400 e. The Morgan fingerprint density at radius 1 is 1.05 bits per heavy atom. The van der Waals surface area contributed by atoms with Gasteiger partial charge >= 0.3 is 0 Å². The van der Waals surface area contributed by atoms with Crippen LogP contribution in [-0.4, -0.2) is 40.4 Å². The number of hydrogen-bond acceptors (Lipinski definition) is 4. The number of hydrogen-bond donors (Lipinski definition) is 3. The van der Waals surface area contributed by atoms with Crippen LogP contribution in [0.3, 0.4) is 0 Å². The molecule has 0 aromatic heterocycles. The molecular weight excluding hydrogens is 268 g/mol. The van der Waals surface area contributed by atoms with Gasteiger partial charge in [-0.2, -0.15) is 0 Å². The van der Waals surface area contributed by atoms with E-state index in [9.17, 15) is 10.2 Å². The molecule has 3 fully saturated rings. The van der Waals surface area contributed by atoms with Crippen LogP contribution in [0.5, 0.6) is 0 Å². The van der Waals surface area contributed by atoms with Crippen LogP contribution in [0.1, 0.15) is 52.9 Å². The number of ether oxygens (including phenoxy) is 1. The summed E-state index contributed by atoms with van der Waals surface area (Å²) in [5.41, 5.74) is -0.632. The molecule has 124 valence electrons. The van der Waals surface area contributed by atoms with Crippen molar-refractivity contribution >= 4 is 0 Å². The smallest absolute Gasteiger partial charge is 0.157 e. The molecule has 3 aliphatic rings. The molecule has 0 radical (unpaired) electrons. The van der Waals surface area contributed by atoms with Crippen LogP contribution in [0.25, 0.3) is 0 Å². The van der Waals surface area contributed by atoms with Crippen molar-refractivity contribution in [3.63, 3.8) is 0 Å². The summed E-state index contributed by atoms with van der Waals surface area (Å²) in [6, 6.07) is 0. The Bertz CT molecular complexity index is 344. The molecule has 4 heteroatoms. The Hall–Kier alpha value is -0.160. The maximum atomic E-state index is 10.5. The van der Waals surface area contributed by atoms with E-state index in [2.05, 4.69) is 13.8 Å². The summed E-state index contributed by atoms with van der Waals surface area (Å²) in [4.78, 5) is 0. The summed E-state index contributed by atoms with van der Waals surface area (Å²) in [7, 11) is 1.00. The minimum atomic E-state index is -0.644. The molecule has 0 amide bonds. The van der Waals surface area contributed by atoms with Crippen molar-refractivity contribution in [3.05, 3.63) is 0 Å².